The zero-order valence-corrected chi connectivity index (χ0v) is 14.5. The van der Waals surface area contributed by atoms with Crippen LogP contribution in [0.2, 0.25) is 0 Å². The van der Waals surface area contributed by atoms with Crippen LogP contribution in [0.25, 0.3) is 23.2 Å². The fourth-order valence-corrected chi connectivity index (χ4v) is 2.50. The second-order valence-electron chi connectivity index (χ2n) is 5.90. The summed E-state index contributed by atoms with van der Waals surface area (Å²) in [4.78, 5) is 19.2. The van der Waals surface area contributed by atoms with Crippen molar-refractivity contribution in [3.05, 3.63) is 65.5 Å². The summed E-state index contributed by atoms with van der Waals surface area (Å²) in [7, 11) is 0. The molecule has 1 amide bonds. The number of nitrogens with zero attached hydrogens (tertiary/aromatic N) is 4. The number of halogens is 5. The Labute approximate surface area is 160 Å². The molecule has 0 saturated heterocycles. The normalized spacial score (nSPS) is 12.2. The minimum Gasteiger partial charge on any atom is -0.366 e. The summed E-state index contributed by atoms with van der Waals surface area (Å²) in [6.45, 7) is -1.10. The van der Waals surface area contributed by atoms with Gasteiger partial charge in [-0.3, -0.25) is 9.78 Å². The predicted molar refractivity (Wildman–Crippen MR) is 92.8 cm³/mol. The van der Waals surface area contributed by atoms with Crippen molar-refractivity contribution in [3.8, 4) is 11.4 Å². The monoisotopic (exact) mass is 409 g/mol. The molecule has 0 unspecified atom stereocenters. The number of alkyl halides is 4. The highest BCUT2D eigenvalue weighted by molar-refractivity contribution is 6.22. The van der Waals surface area contributed by atoms with Gasteiger partial charge in [0, 0.05) is 23.5 Å². The third-order valence-corrected chi connectivity index (χ3v) is 3.78. The van der Waals surface area contributed by atoms with Gasteiger partial charge in [0.05, 0.1) is 17.3 Å². The van der Waals surface area contributed by atoms with E-state index in [0.717, 1.165) is 35.5 Å². The number of aromatic nitrogens is 4. The van der Waals surface area contributed by atoms with Crippen molar-refractivity contribution in [2.24, 2.45) is 5.73 Å². The molecule has 0 aliphatic carbocycles. The second kappa shape index (κ2) is 7.78. The number of pyridine rings is 1. The summed E-state index contributed by atoms with van der Waals surface area (Å²) in [5.41, 5.74) is 3.94. The van der Waals surface area contributed by atoms with Gasteiger partial charge in [-0.2, -0.15) is 13.2 Å². The van der Waals surface area contributed by atoms with Gasteiger partial charge in [-0.05, 0) is 29.8 Å². The smallest absolute Gasteiger partial charge is 0.366 e. The molecule has 11 heteroatoms. The van der Waals surface area contributed by atoms with Gasteiger partial charge in [0.15, 0.2) is 5.82 Å². The Morgan fingerprint density at radius 2 is 1.93 bits per heavy atom. The van der Waals surface area contributed by atoms with Gasteiger partial charge in [0.25, 0.3) is 5.91 Å². The van der Waals surface area contributed by atoms with Crippen molar-refractivity contribution in [2.45, 2.75) is 12.9 Å². The van der Waals surface area contributed by atoms with Crippen LogP contribution in [0.1, 0.15) is 16.7 Å². The standard InChI is InChI=1S/C18H12F5N5O/c19-5-10-1-11(3-13(2-10)18(21,22)23)17-26-9-28(27-17)8-15(16(24)29)12-4-14(20)7-25-6-12/h1-4,6-9H,5H2,(H2,24,29)/b15-8-. The minimum absolute atomic E-state index is 0.0623. The Balaban J connectivity index is 2.02. The Morgan fingerprint density at radius 3 is 2.55 bits per heavy atom. The van der Waals surface area contributed by atoms with Crippen LogP contribution in [0.5, 0.6) is 0 Å². The predicted octanol–water partition coefficient (Wildman–Crippen LogP) is 3.45. The highest BCUT2D eigenvalue weighted by Gasteiger charge is 2.31. The molecule has 150 valence electrons. The number of primary amides is 1. The SMILES string of the molecule is NC(=O)/C(=C\n1cnc(-c2cc(CF)cc(C(F)(F)F)c2)n1)c1cncc(F)c1. The summed E-state index contributed by atoms with van der Waals surface area (Å²) in [5.74, 6) is -1.74. The number of nitrogens with two attached hydrogens (primary N) is 1. The molecule has 1 aromatic carbocycles. The van der Waals surface area contributed by atoms with Crippen LogP contribution in [0.15, 0.2) is 43.0 Å². The molecule has 2 heterocycles. The second-order valence-corrected chi connectivity index (χ2v) is 5.90. The average molecular weight is 409 g/mol. The molecular weight excluding hydrogens is 397 g/mol. The quantitative estimate of drug-likeness (QED) is 0.517. The van der Waals surface area contributed by atoms with Crippen LogP contribution >= 0.6 is 0 Å². The Hall–Kier alpha value is -3.63. The fourth-order valence-electron chi connectivity index (χ4n) is 2.50. The third kappa shape index (κ3) is 4.62. The van der Waals surface area contributed by atoms with Gasteiger partial charge < -0.3 is 5.73 Å². The highest BCUT2D eigenvalue weighted by Crippen LogP contribution is 2.33. The lowest BCUT2D eigenvalue weighted by molar-refractivity contribution is -0.137. The summed E-state index contributed by atoms with van der Waals surface area (Å²) in [5, 5.41) is 3.97. The lowest BCUT2D eigenvalue weighted by Crippen LogP contribution is -2.14. The van der Waals surface area contributed by atoms with E-state index in [9.17, 15) is 26.7 Å². The van der Waals surface area contributed by atoms with Crippen molar-refractivity contribution in [2.75, 3.05) is 0 Å². The van der Waals surface area contributed by atoms with Crippen LogP contribution in [0.4, 0.5) is 22.0 Å². The minimum atomic E-state index is -4.67. The number of hydrogen-bond donors (Lipinski definition) is 1. The molecule has 0 fully saturated rings. The van der Waals surface area contributed by atoms with Gasteiger partial charge in [-0.1, -0.05) is 0 Å². The summed E-state index contributed by atoms with van der Waals surface area (Å²) >= 11 is 0. The maximum absolute atomic E-state index is 13.4. The molecule has 2 aromatic heterocycles. The van der Waals surface area contributed by atoms with Crippen molar-refractivity contribution in [3.63, 3.8) is 0 Å². The fraction of sp³-hybridized carbons (Fsp3) is 0.111. The van der Waals surface area contributed by atoms with Gasteiger partial charge in [-0.15, -0.1) is 5.10 Å². The summed E-state index contributed by atoms with van der Waals surface area (Å²) < 4.78 is 66.4. The molecule has 0 radical (unpaired) electrons. The summed E-state index contributed by atoms with van der Waals surface area (Å²) in [6, 6.07) is 3.70. The Morgan fingerprint density at radius 1 is 1.17 bits per heavy atom. The number of carbonyl (C=O) groups excluding carboxylic acids is 1. The van der Waals surface area contributed by atoms with E-state index in [-0.39, 0.29) is 28.1 Å². The molecule has 0 bridgehead atoms. The van der Waals surface area contributed by atoms with Crippen molar-refractivity contribution in [1.82, 2.24) is 19.7 Å². The van der Waals surface area contributed by atoms with Crippen molar-refractivity contribution < 1.29 is 26.7 Å². The zero-order chi connectivity index (χ0) is 21.2. The van der Waals surface area contributed by atoms with E-state index < -0.39 is 30.1 Å². The van der Waals surface area contributed by atoms with Crippen LogP contribution in [-0.2, 0) is 17.6 Å². The molecular formula is C18H12F5N5O. The maximum atomic E-state index is 13.4. The largest absolute Gasteiger partial charge is 0.416 e. The zero-order valence-electron chi connectivity index (χ0n) is 14.5. The number of amides is 1. The van der Waals surface area contributed by atoms with E-state index in [1.807, 2.05) is 0 Å². The number of carbonyl (C=O) groups is 1. The topological polar surface area (TPSA) is 86.7 Å². The van der Waals surface area contributed by atoms with E-state index in [4.69, 9.17) is 5.73 Å². The molecule has 3 aromatic rings. The molecule has 0 aliphatic rings. The molecule has 29 heavy (non-hydrogen) atoms. The molecule has 3 rings (SSSR count). The van der Waals surface area contributed by atoms with Crippen molar-refractivity contribution >= 4 is 17.7 Å². The van der Waals surface area contributed by atoms with E-state index in [2.05, 4.69) is 15.1 Å². The Bertz CT molecular complexity index is 1090. The molecule has 0 saturated carbocycles. The number of rotatable bonds is 5. The lowest BCUT2D eigenvalue weighted by atomic mass is 10.1. The maximum Gasteiger partial charge on any atom is 0.416 e. The molecule has 6 nitrogen and oxygen atoms in total. The van der Waals surface area contributed by atoms with Crippen LogP contribution in [0, 0.1) is 5.82 Å². The third-order valence-electron chi connectivity index (χ3n) is 3.78. The molecule has 2 N–H and O–H groups in total. The summed E-state index contributed by atoms with van der Waals surface area (Å²) in [6.07, 6.45) is -0.297. The van der Waals surface area contributed by atoms with Crippen molar-refractivity contribution in [1.29, 1.82) is 0 Å². The first-order valence-electron chi connectivity index (χ1n) is 7.98. The van der Waals surface area contributed by atoms with Crippen LogP contribution in [0.3, 0.4) is 0 Å². The van der Waals surface area contributed by atoms with Gasteiger partial charge >= 0.3 is 6.18 Å². The molecule has 0 aliphatic heterocycles. The van der Waals surface area contributed by atoms with E-state index in [1.165, 1.54) is 12.3 Å². The van der Waals surface area contributed by atoms with E-state index in [1.54, 1.807) is 0 Å². The number of hydrogen-bond acceptors (Lipinski definition) is 4. The average Bonchev–Trinajstić information content (AvgIpc) is 3.13. The van der Waals surface area contributed by atoms with Gasteiger partial charge in [-0.25, -0.2) is 18.4 Å². The van der Waals surface area contributed by atoms with Gasteiger partial charge in [0.2, 0.25) is 0 Å². The first-order valence-corrected chi connectivity index (χ1v) is 7.98. The first-order chi connectivity index (χ1) is 13.7. The lowest BCUT2D eigenvalue weighted by Gasteiger charge is -2.09. The van der Waals surface area contributed by atoms with Crippen LogP contribution < -0.4 is 5.73 Å². The van der Waals surface area contributed by atoms with E-state index >= 15 is 0 Å². The highest BCUT2D eigenvalue weighted by atomic mass is 19.4. The van der Waals surface area contributed by atoms with E-state index in [0.29, 0.717) is 6.07 Å². The number of benzene rings is 1. The van der Waals surface area contributed by atoms with Gasteiger partial charge in [0.1, 0.15) is 18.8 Å². The Kier molecular flexibility index (Phi) is 5.39. The molecule has 0 spiro atoms. The first kappa shape index (κ1) is 20.1. The van der Waals surface area contributed by atoms with Crippen LogP contribution in [-0.4, -0.2) is 25.7 Å². The molecule has 0 atom stereocenters.